The molecule has 196 valence electrons. The molecule has 0 saturated carbocycles. The quantitative estimate of drug-likeness (QED) is 0.269. The fraction of sp³-hybridized carbons (Fsp3) is 0.148. The Balaban J connectivity index is 1.45. The summed E-state index contributed by atoms with van der Waals surface area (Å²) >= 11 is 0. The molecular formula is C27H21F2N7O3. The summed E-state index contributed by atoms with van der Waals surface area (Å²) in [6.45, 7) is 0.528. The first-order chi connectivity index (χ1) is 18.7. The predicted octanol–water partition coefficient (Wildman–Crippen LogP) is 5.57. The number of anilines is 1. The molecule has 3 heterocycles. The summed E-state index contributed by atoms with van der Waals surface area (Å²) in [5, 5.41) is 23.0. The normalized spacial score (nSPS) is 11.4. The largest absolute Gasteiger partial charge is 0.457 e. The van der Waals surface area contributed by atoms with Gasteiger partial charge in [0.1, 0.15) is 28.5 Å². The number of ether oxygens (including phenoxy) is 2. The molecule has 5 rings (SSSR count). The first-order valence-electron chi connectivity index (χ1n) is 11.7. The third kappa shape index (κ3) is 5.24. The van der Waals surface area contributed by atoms with E-state index in [9.17, 15) is 18.8 Å². The van der Waals surface area contributed by atoms with Crippen LogP contribution in [0.5, 0.6) is 17.2 Å². The average molecular weight is 530 g/mol. The molecule has 10 nitrogen and oxygen atoms in total. The molecule has 2 aromatic carbocycles. The number of nitrogens with zero attached hydrogens (tertiary/aromatic N) is 5. The summed E-state index contributed by atoms with van der Waals surface area (Å²) in [6.07, 6.45) is 5.98. The smallest absolute Gasteiger partial charge is 0.387 e. The van der Waals surface area contributed by atoms with Crippen molar-refractivity contribution in [3.63, 3.8) is 0 Å². The van der Waals surface area contributed by atoms with Crippen molar-refractivity contribution in [1.82, 2.24) is 24.8 Å². The molecule has 0 aliphatic heterocycles. The lowest BCUT2D eigenvalue weighted by atomic mass is 9.86. The van der Waals surface area contributed by atoms with Crippen LogP contribution in [0.15, 0.2) is 73.3 Å². The Kier molecular flexibility index (Phi) is 6.64. The Morgan fingerprint density at radius 2 is 1.95 bits per heavy atom. The molecule has 5 aromatic rings. The molecule has 0 spiro atoms. The van der Waals surface area contributed by atoms with Crippen molar-refractivity contribution in [2.45, 2.75) is 25.9 Å². The number of alkyl halides is 2. The summed E-state index contributed by atoms with van der Waals surface area (Å²) < 4.78 is 38.5. The van der Waals surface area contributed by atoms with Crippen LogP contribution >= 0.6 is 0 Å². The van der Waals surface area contributed by atoms with Crippen LogP contribution < -0.4 is 14.8 Å². The van der Waals surface area contributed by atoms with Gasteiger partial charge in [-0.05, 0) is 55.8 Å². The van der Waals surface area contributed by atoms with Gasteiger partial charge in [0.2, 0.25) is 0 Å². The number of benzene rings is 2. The van der Waals surface area contributed by atoms with Crippen LogP contribution in [0.3, 0.4) is 0 Å². The van der Waals surface area contributed by atoms with Crippen LogP contribution in [0, 0.1) is 11.3 Å². The molecule has 12 heteroatoms. The zero-order valence-electron chi connectivity index (χ0n) is 20.7. The van der Waals surface area contributed by atoms with Gasteiger partial charge >= 0.3 is 6.61 Å². The number of carbonyl (C=O) groups excluding carboxylic acids is 1. The van der Waals surface area contributed by atoms with Gasteiger partial charge in [0.15, 0.2) is 5.65 Å². The van der Waals surface area contributed by atoms with E-state index in [-0.39, 0.29) is 28.3 Å². The number of fused-ring (bicyclic) bond motifs is 1. The molecule has 0 radical (unpaired) electrons. The van der Waals surface area contributed by atoms with Crippen molar-refractivity contribution < 1.29 is 23.0 Å². The highest BCUT2D eigenvalue weighted by Gasteiger charge is 2.22. The van der Waals surface area contributed by atoms with Gasteiger partial charge < -0.3 is 14.8 Å². The first kappa shape index (κ1) is 25.3. The SMILES string of the molecule is CC(C)(C#N)c1ccc(Oc2ccc(OC(F)F)c(-c3n[nH]cc3NC(=O)c3cnn4cccnc34)c2)cc1. The lowest BCUT2D eigenvalue weighted by Gasteiger charge is -2.16. The summed E-state index contributed by atoms with van der Waals surface area (Å²) in [6, 6.07) is 15.2. The fourth-order valence-electron chi connectivity index (χ4n) is 3.86. The molecule has 1 amide bonds. The molecule has 0 bridgehead atoms. The molecule has 0 atom stereocenters. The monoisotopic (exact) mass is 529 g/mol. The van der Waals surface area contributed by atoms with E-state index in [1.165, 1.54) is 41.3 Å². The Labute approximate surface area is 220 Å². The number of aromatic nitrogens is 5. The van der Waals surface area contributed by atoms with Crippen molar-refractivity contribution in [3.05, 3.63) is 84.4 Å². The Hall–Kier alpha value is -5.31. The van der Waals surface area contributed by atoms with Gasteiger partial charge in [-0.25, -0.2) is 9.50 Å². The van der Waals surface area contributed by atoms with Gasteiger partial charge in [-0.1, -0.05) is 12.1 Å². The number of nitrogens with one attached hydrogen (secondary N) is 2. The van der Waals surface area contributed by atoms with Gasteiger partial charge in [0.05, 0.1) is 28.9 Å². The van der Waals surface area contributed by atoms with E-state index < -0.39 is 17.9 Å². The average Bonchev–Trinajstić information content (AvgIpc) is 3.57. The Morgan fingerprint density at radius 1 is 1.18 bits per heavy atom. The van der Waals surface area contributed by atoms with E-state index in [4.69, 9.17) is 9.47 Å². The van der Waals surface area contributed by atoms with Crippen LogP contribution in [-0.2, 0) is 5.41 Å². The van der Waals surface area contributed by atoms with Gasteiger partial charge in [0, 0.05) is 18.6 Å². The third-order valence-electron chi connectivity index (χ3n) is 5.93. The van der Waals surface area contributed by atoms with E-state index in [2.05, 4.69) is 31.7 Å². The molecule has 39 heavy (non-hydrogen) atoms. The second-order valence-corrected chi connectivity index (χ2v) is 8.95. The van der Waals surface area contributed by atoms with E-state index >= 15 is 0 Å². The number of H-pyrrole nitrogens is 1. The maximum atomic E-state index is 13.2. The van der Waals surface area contributed by atoms with Crippen LogP contribution in [-0.4, -0.2) is 37.3 Å². The zero-order chi connectivity index (χ0) is 27.6. The first-order valence-corrected chi connectivity index (χ1v) is 11.7. The molecule has 0 aliphatic carbocycles. The van der Waals surface area contributed by atoms with Gasteiger partial charge in [-0.3, -0.25) is 9.89 Å². The van der Waals surface area contributed by atoms with Crippen LogP contribution in [0.1, 0.15) is 29.8 Å². The van der Waals surface area contributed by atoms with Crippen LogP contribution in [0.4, 0.5) is 14.5 Å². The standard InChI is InChI=1S/C27H21F2N7O3/c1-27(2,15-30)16-4-6-17(7-5-16)38-18-8-9-22(39-26(28)29)19(12-18)23-21(14-32-35-23)34-25(37)20-13-33-36-11-3-10-31-24(20)36/h3-14,26H,1-2H3,(H,32,35)(H,34,37). The summed E-state index contributed by atoms with van der Waals surface area (Å²) in [4.78, 5) is 17.2. The second kappa shape index (κ2) is 10.2. The third-order valence-corrected chi connectivity index (χ3v) is 5.93. The lowest BCUT2D eigenvalue weighted by molar-refractivity contribution is -0.0494. The van der Waals surface area contributed by atoms with Gasteiger partial charge in [-0.2, -0.15) is 24.2 Å². The van der Waals surface area contributed by atoms with Crippen molar-refractivity contribution in [3.8, 4) is 34.6 Å². The van der Waals surface area contributed by atoms with E-state index in [1.807, 2.05) is 13.8 Å². The number of rotatable bonds is 8. The minimum Gasteiger partial charge on any atom is -0.457 e. The van der Waals surface area contributed by atoms with Gasteiger partial charge in [0.25, 0.3) is 5.91 Å². The molecular weight excluding hydrogens is 508 g/mol. The van der Waals surface area contributed by atoms with Crippen molar-refractivity contribution in [1.29, 1.82) is 5.26 Å². The summed E-state index contributed by atoms with van der Waals surface area (Å²) in [5.41, 5.74) is 1.24. The highest BCUT2D eigenvalue weighted by molar-refractivity contribution is 6.09. The Bertz CT molecular complexity index is 1690. The van der Waals surface area contributed by atoms with E-state index in [1.54, 1.807) is 36.5 Å². The maximum absolute atomic E-state index is 13.2. The van der Waals surface area contributed by atoms with Crippen LogP contribution in [0.25, 0.3) is 16.9 Å². The minimum atomic E-state index is -3.09. The van der Waals surface area contributed by atoms with Gasteiger partial charge in [-0.15, -0.1) is 0 Å². The van der Waals surface area contributed by atoms with Crippen molar-refractivity contribution in [2.24, 2.45) is 0 Å². The van der Waals surface area contributed by atoms with Crippen molar-refractivity contribution >= 4 is 17.2 Å². The number of nitriles is 1. The van der Waals surface area contributed by atoms with E-state index in [0.717, 1.165) is 5.56 Å². The number of amides is 1. The van der Waals surface area contributed by atoms with Crippen LogP contribution in [0.2, 0.25) is 0 Å². The topological polar surface area (TPSA) is 130 Å². The minimum absolute atomic E-state index is 0.153. The number of hydrogen-bond donors (Lipinski definition) is 2. The molecule has 0 unspecified atom stereocenters. The lowest BCUT2D eigenvalue weighted by Crippen LogP contribution is -2.13. The number of hydrogen-bond acceptors (Lipinski definition) is 7. The highest BCUT2D eigenvalue weighted by Crippen LogP contribution is 2.38. The zero-order valence-corrected chi connectivity index (χ0v) is 20.7. The van der Waals surface area contributed by atoms with Crippen molar-refractivity contribution in [2.75, 3.05) is 5.32 Å². The maximum Gasteiger partial charge on any atom is 0.387 e. The summed E-state index contributed by atoms with van der Waals surface area (Å²) in [7, 11) is 0. The highest BCUT2D eigenvalue weighted by atomic mass is 19.3. The molecule has 0 saturated heterocycles. The number of halogens is 2. The number of carbonyl (C=O) groups is 1. The Morgan fingerprint density at radius 3 is 2.69 bits per heavy atom. The van der Waals surface area contributed by atoms with E-state index in [0.29, 0.717) is 17.1 Å². The molecule has 2 N–H and O–H groups in total. The predicted molar refractivity (Wildman–Crippen MR) is 137 cm³/mol. The second-order valence-electron chi connectivity index (χ2n) is 8.95. The fourth-order valence-corrected chi connectivity index (χ4v) is 3.86. The molecule has 0 fully saturated rings. The molecule has 3 aromatic heterocycles. The number of aromatic amines is 1. The summed E-state index contributed by atoms with van der Waals surface area (Å²) in [5.74, 6) is 0.0994. The molecule has 0 aliphatic rings.